The summed E-state index contributed by atoms with van der Waals surface area (Å²) in [6.45, 7) is 2.66. The van der Waals surface area contributed by atoms with Gasteiger partial charge in [0.1, 0.15) is 5.92 Å². The molecule has 0 radical (unpaired) electrons. The van der Waals surface area contributed by atoms with Gasteiger partial charge < -0.3 is 9.84 Å². The van der Waals surface area contributed by atoms with Gasteiger partial charge in [-0.05, 0) is 31.7 Å². The fraction of sp³-hybridized carbons (Fsp3) is 0.500. The fourth-order valence-electron chi connectivity index (χ4n) is 2.41. The van der Waals surface area contributed by atoms with Crippen LogP contribution in [0.2, 0.25) is 0 Å². The highest BCUT2D eigenvalue weighted by atomic mass is 16.5. The number of hydrogen-bond donors (Lipinski definition) is 1. The van der Waals surface area contributed by atoms with Crippen LogP contribution in [0.4, 0.5) is 0 Å². The summed E-state index contributed by atoms with van der Waals surface area (Å²) in [5.74, 6) is -1.32. The molecule has 0 bridgehead atoms. The standard InChI is InChI=1S/C14H18O3/c1-10-5-4-6-11(9-10)13(14(15)16)12-7-2-3-8-17-12/h4-6,9,12-13H,2-3,7-8H2,1H3,(H,15,16). The molecule has 1 fully saturated rings. The zero-order chi connectivity index (χ0) is 12.3. The van der Waals surface area contributed by atoms with Gasteiger partial charge in [-0.2, -0.15) is 0 Å². The van der Waals surface area contributed by atoms with Crippen molar-refractivity contribution in [3.05, 3.63) is 35.4 Å². The number of benzene rings is 1. The van der Waals surface area contributed by atoms with Crippen molar-refractivity contribution in [3.63, 3.8) is 0 Å². The SMILES string of the molecule is Cc1cccc(C(C(=O)O)C2CCCCO2)c1. The summed E-state index contributed by atoms with van der Waals surface area (Å²) in [6.07, 6.45) is 2.75. The molecule has 3 nitrogen and oxygen atoms in total. The van der Waals surface area contributed by atoms with Gasteiger partial charge in [0.25, 0.3) is 0 Å². The molecule has 2 rings (SSSR count). The molecule has 1 aromatic rings. The van der Waals surface area contributed by atoms with Crippen LogP contribution in [0.1, 0.15) is 36.3 Å². The minimum Gasteiger partial charge on any atom is -0.481 e. The van der Waals surface area contributed by atoms with Crippen LogP contribution in [0, 0.1) is 6.92 Å². The van der Waals surface area contributed by atoms with Crippen LogP contribution in [0.5, 0.6) is 0 Å². The Labute approximate surface area is 101 Å². The summed E-state index contributed by atoms with van der Waals surface area (Å²) in [5.41, 5.74) is 1.94. The predicted molar refractivity (Wildman–Crippen MR) is 65.1 cm³/mol. The van der Waals surface area contributed by atoms with E-state index >= 15 is 0 Å². The minimum absolute atomic E-state index is 0.178. The predicted octanol–water partition coefficient (Wildman–Crippen LogP) is 2.73. The van der Waals surface area contributed by atoms with Gasteiger partial charge in [0, 0.05) is 6.61 Å². The first-order chi connectivity index (χ1) is 8.18. The zero-order valence-electron chi connectivity index (χ0n) is 10.1. The lowest BCUT2D eigenvalue weighted by Crippen LogP contribution is -2.31. The van der Waals surface area contributed by atoms with Crippen molar-refractivity contribution in [2.24, 2.45) is 0 Å². The molecule has 0 saturated carbocycles. The Bertz CT molecular complexity index is 394. The summed E-state index contributed by atoms with van der Waals surface area (Å²) in [5, 5.41) is 9.39. The lowest BCUT2D eigenvalue weighted by molar-refractivity contribution is -0.144. The van der Waals surface area contributed by atoms with E-state index in [9.17, 15) is 9.90 Å². The maximum atomic E-state index is 11.4. The van der Waals surface area contributed by atoms with E-state index < -0.39 is 11.9 Å². The van der Waals surface area contributed by atoms with E-state index in [2.05, 4.69) is 0 Å². The maximum Gasteiger partial charge on any atom is 0.313 e. The van der Waals surface area contributed by atoms with Gasteiger partial charge >= 0.3 is 5.97 Å². The van der Waals surface area contributed by atoms with Gasteiger partial charge in [0.2, 0.25) is 0 Å². The molecule has 0 aliphatic carbocycles. The highest BCUT2D eigenvalue weighted by molar-refractivity contribution is 5.77. The van der Waals surface area contributed by atoms with E-state index in [1.165, 1.54) is 0 Å². The quantitative estimate of drug-likeness (QED) is 0.874. The number of aliphatic carboxylic acids is 1. The topological polar surface area (TPSA) is 46.5 Å². The molecule has 2 atom stereocenters. The molecule has 1 aliphatic heterocycles. The molecule has 2 unspecified atom stereocenters. The zero-order valence-corrected chi connectivity index (χ0v) is 10.1. The molecule has 1 N–H and O–H groups in total. The summed E-state index contributed by atoms with van der Waals surface area (Å²) in [7, 11) is 0. The van der Waals surface area contributed by atoms with Crippen molar-refractivity contribution < 1.29 is 14.6 Å². The van der Waals surface area contributed by atoms with E-state index in [4.69, 9.17) is 4.74 Å². The largest absolute Gasteiger partial charge is 0.481 e. The van der Waals surface area contributed by atoms with Crippen LogP contribution in [0.3, 0.4) is 0 Å². The summed E-state index contributed by atoms with van der Waals surface area (Å²) in [4.78, 5) is 11.4. The summed E-state index contributed by atoms with van der Waals surface area (Å²) in [6, 6.07) is 7.70. The lowest BCUT2D eigenvalue weighted by atomic mass is 9.88. The normalized spacial score (nSPS) is 22.1. The Morgan fingerprint density at radius 2 is 2.29 bits per heavy atom. The second kappa shape index (κ2) is 5.32. The molecule has 1 aliphatic rings. The van der Waals surface area contributed by atoms with Crippen LogP contribution >= 0.6 is 0 Å². The van der Waals surface area contributed by atoms with Crippen LogP contribution < -0.4 is 0 Å². The highest BCUT2D eigenvalue weighted by Crippen LogP contribution is 2.29. The van der Waals surface area contributed by atoms with Crippen molar-refractivity contribution in [3.8, 4) is 0 Å². The third-order valence-corrected chi connectivity index (χ3v) is 3.25. The first kappa shape index (κ1) is 12.1. The Balaban J connectivity index is 2.25. The molecule has 1 saturated heterocycles. The molecule has 0 amide bonds. The highest BCUT2D eigenvalue weighted by Gasteiger charge is 2.31. The third-order valence-electron chi connectivity index (χ3n) is 3.25. The smallest absolute Gasteiger partial charge is 0.313 e. The van der Waals surface area contributed by atoms with E-state index in [1.54, 1.807) is 0 Å². The number of carboxylic acids is 1. The van der Waals surface area contributed by atoms with Gasteiger partial charge in [-0.1, -0.05) is 29.8 Å². The van der Waals surface area contributed by atoms with Crippen LogP contribution in [0.25, 0.3) is 0 Å². The summed E-state index contributed by atoms with van der Waals surface area (Å²) >= 11 is 0. The van der Waals surface area contributed by atoms with Gasteiger partial charge in [-0.3, -0.25) is 4.79 Å². The molecule has 3 heteroatoms. The Morgan fingerprint density at radius 3 is 2.88 bits per heavy atom. The number of rotatable bonds is 3. The first-order valence-electron chi connectivity index (χ1n) is 6.09. The Kier molecular flexibility index (Phi) is 3.79. The number of carboxylic acid groups (broad SMARTS) is 1. The minimum atomic E-state index is -0.789. The number of carbonyl (C=O) groups is 1. The van der Waals surface area contributed by atoms with Crippen molar-refractivity contribution in [2.75, 3.05) is 6.61 Å². The average Bonchev–Trinajstić information content (AvgIpc) is 2.30. The molecule has 92 valence electrons. The van der Waals surface area contributed by atoms with Crippen LogP contribution in [-0.2, 0) is 9.53 Å². The van der Waals surface area contributed by atoms with Crippen LogP contribution in [0.15, 0.2) is 24.3 Å². The monoisotopic (exact) mass is 234 g/mol. The van der Waals surface area contributed by atoms with Gasteiger partial charge in [0.15, 0.2) is 0 Å². The Hall–Kier alpha value is -1.35. The molecule has 1 heterocycles. The lowest BCUT2D eigenvalue weighted by Gasteiger charge is -2.28. The number of aryl methyl sites for hydroxylation is 1. The van der Waals surface area contributed by atoms with Crippen molar-refractivity contribution in [1.29, 1.82) is 0 Å². The third kappa shape index (κ3) is 2.86. The first-order valence-corrected chi connectivity index (χ1v) is 6.09. The number of hydrogen-bond acceptors (Lipinski definition) is 2. The number of ether oxygens (including phenoxy) is 1. The van der Waals surface area contributed by atoms with Crippen LogP contribution in [-0.4, -0.2) is 23.8 Å². The van der Waals surface area contributed by atoms with Gasteiger partial charge in [-0.15, -0.1) is 0 Å². The average molecular weight is 234 g/mol. The van der Waals surface area contributed by atoms with E-state index in [1.807, 2.05) is 31.2 Å². The van der Waals surface area contributed by atoms with E-state index in [-0.39, 0.29) is 6.10 Å². The molecular weight excluding hydrogens is 216 g/mol. The summed E-state index contributed by atoms with van der Waals surface area (Å²) < 4.78 is 5.61. The fourth-order valence-corrected chi connectivity index (χ4v) is 2.41. The maximum absolute atomic E-state index is 11.4. The molecule has 0 spiro atoms. The molecule has 17 heavy (non-hydrogen) atoms. The second-order valence-electron chi connectivity index (χ2n) is 4.64. The molecule has 0 aromatic heterocycles. The van der Waals surface area contributed by atoms with E-state index in [0.29, 0.717) is 6.61 Å². The van der Waals surface area contributed by atoms with Crippen molar-refractivity contribution in [2.45, 2.75) is 38.2 Å². The molecule has 1 aromatic carbocycles. The van der Waals surface area contributed by atoms with Crippen molar-refractivity contribution in [1.82, 2.24) is 0 Å². The van der Waals surface area contributed by atoms with Crippen molar-refractivity contribution >= 4 is 5.97 Å². The van der Waals surface area contributed by atoms with E-state index in [0.717, 1.165) is 30.4 Å². The van der Waals surface area contributed by atoms with Gasteiger partial charge in [0.05, 0.1) is 6.10 Å². The molecular formula is C14H18O3. The Morgan fingerprint density at radius 1 is 1.47 bits per heavy atom. The van der Waals surface area contributed by atoms with Gasteiger partial charge in [-0.25, -0.2) is 0 Å². The second-order valence-corrected chi connectivity index (χ2v) is 4.64.